The Morgan fingerprint density at radius 2 is 1.61 bits per heavy atom. The molecule has 1 aliphatic heterocycles. The van der Waals surface area contributed by atoms with Gasteiger partial charge >= 0.3 is 0 Å². The van der Waals surface area contributed by atoms with E-state index in [1.54, 1.807) is 0 Å². The number of fused-ring (bicyclic) bond motifs is 4. The van der Waals surface area contributed by atoms with Crippen molar-refractivity contribution in [2.45, 2.75) is 0 Å². The molecule has 0 saturated carbocycles. The first-order valence-electron chi connectivity index (χ1n) is 9.23. The molecule has 3 heterocycles. The van der Waals surface area contributed by atoms with Gasteiger partial charge in [-0.25, -0.2) is 0 Å². The number of pyridine rings is 1. The average molecular weight is 364 g/mol. The van der Waals surface area contributed by atoms with Crippen LogP contribution in [0.2, 0.25) is 0 Å². The van der Waals surface area contributed by atoms with E-state index >= 15 is 0 Å². The summed E-state index contributed by atoms with van der Waals surface area (Å²) in [6.07, 6.45) is 1.94. The SMILES string of the molecule is c1ccc(-c2ncc(-c3ccc4c(c3)OCO4)c3[nH]c4ccccc4c23)cc1. The van der Waals surface area contributed by atoms with Crippen molar-refractivity contribution in [3.05, 3.63) is 79.0 Å². The van der Waals surface area contributed by atoms with Crippen molar-refractivity contribution in [1.29, 1.82) is 0 Å². The molecule has 3 aromatic carbocycles. The molecule has 1 N–H and O–H groups in total. The number of aromatic amines is 1. The van der Waals surface area contributed by atoms with E-state index in [1.165, 1.54) is 5.39 Å². The molecule has 4 nitrogen and oxygen atoms in total. The van der Waals surface area contributed by atoms with Gasteiger partial charge in [-0.2, -0.15) is 0 Å². The fraction of sp³-hybridized carbons (Fsp3) is 0.0417. The molecule has 28 heavy (non-hydrogen) atoms. The van der Waals surface area contributed by atoms with Crippen molar-refractivity contribution in [3.8, 4) is 33.9 Å². The highest BCUT2D eigenvalue weighted by molar-refractivity contribution is 6.16. The third kappa shape index (κ3) is 2.21. The van der Waals surface area contributed by atoms with E-state index in [1.807, 2.05) is 42.6 Å². The van der Waals surface area contributed by atoms with Gasteiger partial charge in [0.2, 0.25) is 6.79 Å². The normalized spacial score (nSPS) is 12.7. The molecule has 0 spiro atoms. The second-order valence-electron chi connectivity index (χ2n) is 6.88. The third-order valence-electron chi connectivity index (χ3n) is 5.27. The monoisotopic (exact) mass is 364 g/mol. The number of nitrogens with zero attached hydrogens (tertiary/aromatic N) is 1. The van der Waals surface area contributed by atoms with E-state index in [-0.39, 0.29) is 6.79 Å². The van der Waals surface area contributed by atoms with Crippen LogP contribution in [-0.4, -0.2) is 16.8 Å². The maximum Gasteiger partial charge on any atom is 0.231 e. The first-order valence-corrected chi connectivity index (χ1v) is 9.23. The topological polar surface area (TPSA) is 47.1 Å². The van der Waals surface area contributed by atoms with Gasteiger partial charge in [0.25, 0.3) is 0 Å². The summed E-state index contributed by atoms with van der Waals surface area (Å²) in [5.74, 6) is 1.56. The van der Waals surface area contributed by atoms with Gasteiger partial charge in [-0.3, -0.25) is 4.98 Å². The summed E-state index contributed by atoms with van der Waals surface area (Å²) in [4.78, 5) is 8.49. The van der Waals surface area contributed by atoms with Crippen LogP contribution in [0.3, 0.4) is 0 Å². The highest BCUT2D eigenvalue weighted by Gasteiger charge is 2.19. The molecule has 6 rings (SSSR count). The number of ether oxygens (including phenoxy) is 2. The zero-order valence-corrected chi connectivity index (χ0v) is 15.0. The molecule has 0 bridgehead atoms. The first-order chi connectivity index (χ1) is 13.9. The molecule has 0 radical (unpaired) electrons. The quantitative estimate of drug-likeness (QED) is 0.432. The molecule has 1 aliphatic rings. The minimum absolute atomic E-state index is 0.270. The lowest BCUT2D eigenvalue weighted by atomic mass is 10.00. The second-order valence-corrected chi connectivity index (χ2v) is 6.88. The van der Waals surface area contributed by atoms with Crippen LogP contribution < -0.4 is 9.47 Å². The summed E-state index contributed by atoms with van der Waals surface area (Å²) < 4.78 is 11.0. The van der Waals surface area contributed by atoms with E-state index in [9.17, 15) is 0 Å². The van der Waals surface area contributed by atoms with Crippen molar-refractivity contribution in [1.82, 2.24) is 9.97 Å². The van der Waals surface area contributed by atoms with E-state index in [4.69, 9.17) is 14.5 Å². The van der Waals surface area contributed by atoms with Gasteiger partial charge < -0.3 is 14.5 Å². The first kappa shape index (κ1) is 15.3. The maximum absolute atomic E-state index is 5.57. The van der Waals surface area contributed by atoms with E-state index in [0.717, 1.165) is 50.3 Å². The minimum atomic E-state index is 0.270. The van der Waals surface area contributed by atoms with Crippen molar-refractivity contribution in [2.75, 3.05) is 6.79 Å². The van der Waals surface area contributed by atoms with Gasteiger partial charge in [0, 0.05) is 33.6 Å². The van der Waals surface area contributed by atoms with Crippen molar-refractivity contribution in [2.24, 2.45) is 0 Å². The second kappa shape index (κ2) is 5.86. The molecule has 0 saturated heterocycles. The zero-order chi connectivity index (χ0) is 18.5. The Kier molecular flexibility index (Phi) is 3.20. The van der Waals surface area contributed by atoms with Gasteiger partial charge in [-0.1, -0.05) is 54.6 Å². The minimum Gasteiger partial charge on any atom is -0.454 e. The van der Waals surface area contributed by atoms with Crippen LogP contribution in [0.4, 0.5) is 0 Å². The Labute approximate surface area is 161 Å². The molecule has 4 heteroatoms. The number of para-hydroxylation sites is 1. The molecule has 0 unspecified atom stereocenters. The van der Waals surface area contributed by atoms with Crippen molar-refractivity contribution >= 4 is 21.8 Å². The van der Waals surface area contributed by atoms with Gasteiger partial charge in [0.05, 0.1) is 11.2 Å². The van der Waals surface area contributed by atoms with Crippen molar-refractivity contribution < 1.29 is 9.47 Å². The number of aromatic nitrogens is 2. The lowest BCUT2D eigenvalue weighted by Gasteiger charge is -2.09. The van der Waals surface area contributed by atoms with Crippen LogP contribution in [-0.2, 0) is 0 Å². The largest absolute Gasteiger partial charge is 0.454 e. The number of benzene rings is 3. The number of rotatable bonds is 2. The maximum atomic E-state index is 5.57. The Morgan fingerprint density at radius 1 is 0.786 bits per heavy atom. The third-order valence-corrected chi connectivity index (χ3v) is 5.27. The van der Waals surface area contributed by atoms with E-state index < -0.39 is 0 Å². The molecule has 0 atom stereocenters. The van der Waals surface area contributed by atoms with Crippen LogP contribution in [0.15, 0.2) is 79.0 Å². The summed E-state index contributed by atoms with van der Waals surface area (Å²) in [6, 6.07) is 24.7. The van der Waals surface area contributed by atoms with Gasteiger partial charge in [-0.15, -0.1) is 0 Å². The Bertz CT molecular complexity index is 1340. The van der Waals surface area contributed by atoms with E-state index in [0.29, 0.717) is 0 Å². The molecule has 134 valence electrons. The highest BCUT2D eigenvalue weighted by atomic mass is 16.7. The lowest BCUT2D eigenvalue weighted by molar-refractivity contribution is 0.174. The summed E-state index contributed by atoms with van der Waals surface area (Å²) in [6.45, 7) is 0.270. The van der Waals surface area contributed by atoms with Gasteiger partial charge in [0.1, 0.15) is 0 Å². The average Bonchev–Trinajstić information content (AvgIpc) is 3.38. The molecule has 0 aliphatic carbocycles. The molecular weight excluding hydrogens is 348 g/mol. The van der Waals surface area contributed by atoms with Crippen LogP contribution >= 0.6 is 0 Å². The summed E-state index contributed by atoms with van der Waals surface area (Å²) in [5.41, 5.74) is 6.36. The summed E-state index contributed by atoms with van der Waals surface area (Å²) in [5, 5.41) is 2.31. The van der Waals surface area contributed by atoms with Crippen molar-refractivity contribution in [3.63, 3.8) is 0 Å². The highest BCUT2D eigenvalue weighted by Crippen LogP contribution is 2.41. The Hall–Kier alpha value is -3.79. The van der Waals surface area contributed by atoms with E-state index in [2.05, 4.69) is 41.4 Å². The Morgan fingerprint density at radius 3 is 2.54 bits per heavy atom. The standard InChI is InChI=1S/C24H16N2O2/c1-2-6-15(7-3-1)23-22-17-8-4-5-9-19(17)26-24(22)18(13-25-23)16-10-11-20-21(12-16)28-14-27-20/h1-13,26H,14H2. The number of hydrogen-bond donors (Lipinski definition) is 1. The molecule has 2 aromatic heterocycles. The number of H-pyrrole nitrogens is 1. The molecular formula is C24H16N2O2. The van der Waals surface area contributed by atoms with Crippen LogP contribution in [0.5, 0.6) is 11.5 Å². The zero-order valence-electron chi connectivity index (χ0n) is 15.0. The smallest absolute Gasteiger partial charge is 0.231 e. The lowest BCUT2D eigenvalue weighted by Crippen LogP contribution is -1.92. The number of hydrogen-bond acceptors (Lipinski definition) is 3. The molecule has 0 amide bonds. The fourth-order valence-electron chi connectivity index (χ4n) is 3.95. The number of nitrogens with one attached hydrogen (secondary N) is 1. The Balaban J connectivity index is 1.68. The molecule has 5 aromatic rings. The van der Waals surface area contributed by atoms with Crippen LogP contribution in [0, 0.1) is 0 Å². The predicted molar refractivity (Wildman–Crippen MR) is 111 cm³/mol. The summed E-state index contributed by atoms with van der Waals surface area (Å²) >= 11 is 0. The van der Waals surface area contributed by atoms with Crippen LogP contribution in [0.25, 0.3) is 44.2 Å². The summed E-state index contributed by atoms with van der Waals surface area (Å²) in [7, 11) is 0. The van der Waals surface area contributed by atoms with Crippen LogP contribution in [0.1, 0.15) is 0 Å². The van der Waals surface area contributed by atoms with Gasteiger partial charge in [-0.05, 0) is 23.8 Å². The fourth-order valence-corrected chi connectivity index (χ4v) is 3.95. The van der Waals surface area contributed by atoms with Gasteiger partial charge in [0.15, 0.2) is 11.5 Å². The predicted octanol–water partition coefficient (Wildman–Crippen LogP) is 5.78. The molecule has 0 fully saturated rings.